The first-order valence-electron chi connectivity index (χ1n) is 7.39. The number of piperidine rings is 1. The number of esters is 1. The van der Waals surface area contributed by atoms with Gasteiger partial charge >= 0.3 is 5.97 Å². The molecule has 0 aliphatic carbocycles. The number of ether oxygens (including phenoxy) is 2. The number of carbonyl (C=O) groups excluding carboxylic acids is 1. The van der Waals surface area contributed by atoms with Crippen LogP contribution in [0.25, 0.3) is 0 Å². The van der Waals surface area contributed by atoms with Crippen LogP contribution >= 0.6 is 11.3 Å². The number of nitrogens with zero attached hydrogens (tertiary/aromatic N) is 1. The average molecular weight is 390 g/mol. The number of carbonyl (C=O) groups is 1. The molecule has 0 spiro atoms. The van der Waals surface area contributed by atoms with E-state index in [2.05, 4.69) is 14.1 Å². The molecule has 3 fully saturated rings. The fourth-order valence-electron chi connectivity index (χ4n) is 4.09. The van der Waals surface area contributed by atoms with E-state index in [4.69, 9.17) is 9.47 Å². The molecule has 0 amide bonds. The van der Waals surface area contributed by atoms with Crippen LogP contribution in [-0.2, 0) is 14.3 Å². The van der Waals surface area contributed by atoms with E-state index in [1.165, 1.54) is 11.3 Å². The highest BCUT2D eigenvalue weighted by Crippen LogP contribution is 2.51. The SMILES string of the molecule is C[N+]1(C)[C@@H]2C[C@@H](OC(=O)C(O)c3cccs3)C[C@H]1[C@@H]1O[C@@H]12.[Br-]. The number of aliphatic hydroxyl groups is 1. The van der Waals surface area contributed by atoms with Crippen LogP contribution in [0.3, 0.4) is 0 Å². The third-order valence-corrected chi connectivity index (χ3v) is 6.28. The van der Waals surface area contributed by atoms with Gasteiger partial charge in [0.05, 0.1) is 14.1 Å². The Morgan fingerprint density at radius 1 is 1.41 bits per heavy atom. The Balaban J connectivity index is 0.00000144. The molecule has 122 valence electrons. The number of thiophene rings is 1. The van der Waals surface area contributed by atoms with Crippen molar-refractivity contribution in [3.05, 3.63) is 22.4 Å². The molecular formula is C15H20BrNO4S. The number of hydrogen-bond donors (Lipinski definition) is 1. The Morgan fingerprint density at radius 3 is 2.59 bits per heavy atom. The number of hydrogen-bond acceptors (Lipinski definition) is 5. The molecular weight excluding hydrogens is 370 g/mol. The second-order valence-electron chi connectivity index (χ2n) is 6.78. The van der Waals surface area contributed by atoms with E-state index in [1.807, 2.05) is 11.4 Å². The van der Waals surface area contributed by atoms with Gasteiger partial charge in [-0.2, -0.15) is 0 Å². The van der Waals surface area contributed by atoms with Gasteiger partial charge in [-0.3, -0.25) is 0 Å². The highest BCUT2D eigenvalue weighted by Gasteiger charge is 2.70. The van der Waals surface area contributed by atoms with Crippen LogP contribution in [0.1, 0.15) is 23.8 Å². The van der Waals surface area contributed by atoms with Crippen LogP contribution in [0.2, 0.25) is 0 Å². The second-order valence-corrected chi connectivity index (χ2v) is 7.76. The molecule has 3 aliphatic rings. The van der Waals surface area contributed by atoms with Crippen LogP contribution in [0.4, 0.5) is 0 Å². The summed E-state index contributed by atoms with van der Waals surface area (Å²) in [7, 11) is 4.48. The summed E-state index contributed by atoms with van der Waals surface area (Å²) in [4.78, 5) is 12.7. The first kappa shape index (κ1) is 16.4. The van der Waals surface area contributed by atoms with Crippen molar-refractivity contribution in [1.82, 2.24) is 0 Å². The van der Waals surface area contributed by atoms with Crippen LogP contribution in [0, 0.1) is 0 Å². The molecule has 4 heterocycles. The fourth-order valence-corrected chi connectivity index (χ4v) is 4.79. The summed E-state index contributed by atoms with van der Waals surface area (Å²) < 4.78 is 12.3. The third-order valence-electron chi connectivity index (χ3n) is 5.36. The quantitative estimate of drug-likeness (QED) is 0.372. The Hall–Kier alpha value is -0.470. The van der Waals surface area contributed by atoms with Gasteiger partial charge in [0.1, 0.15) is 30.4 Å². The van der Waals surface area contributed by atoms with E-state index >= 15 is 0 Å². The maximum absolute atomic E-state index is 12.1. The predicted octanol–water partition coefficient (Wildman–Crippen LogP) is -1.91. The number of aliphatic hydroxyl groups excluding tert-OH is 1. The molecule has 1 unspecified atom stereocenters. The lowest BCUT2D eigenvalue weighted by Crippen LogP contribution is -3.00. The molecule has 0 saturated carbocycles. The van der Waals surface area contributed by atoms with E-state index in [0.717, 1.165) is 17.3 Å². The third kappa shape index (κ3) is 2.43. The normalized spacial score (nSPS) is 38.6. The van der Waals surface area contributed by atoms with Gasteiger partial charge in [-0.1, -0.05) is 6.07 Å². The highest BCUT2D eigenvalue weighted by molar-refractivity contribution is 7.10. The molecule has 1 N–H and O–H groups in total. The molecule has 6 atom stereocenters. The van der Waals surface area contributed by atoms with Gasteiger partial charge < -0.3 is 36.0 Å². The van der Waals surface area contributed by atoms with Gasteiger partial charge in [0.15, 0.2) is 6.10 Å². The minimum atomic E-state index is -1.15. The van der Waals surface area contributed by atoms with Crippen LogP contribution < -0.4 is 17.0 Å². The van der Waals surface area contributed by atoms with Crippen molar-refractivity contribution in [2.45, 2.75) is 49.3 Å². The predicted molar refractivity (Wildman–Crippen MR) is 76.7 cm³/mol. The average Bonchev–Trinajstić information content (AvgIpc) is 2.98. The van der Waals surface area contributed by atoms with E-state index in [1.54, 1.807) is 6.07 Å². The number of halogens is 1. The number of quaternary nitrogens is 1. The summed E-state index contributed by atoms with van der Waals surface area (Å²) in [6.07, 6.45) is 1.09. The molecule has 22 heavy (non-hydrogen) atoms. The van der Waals surface area contributed by atoms with Crippen molar-refractivity contribution in [3.8, 4) is 0 Å². The molecule has 0 aromatic carbocycles. The molecule has 7 heteroatoms. The molecule has 3 aliphatic heterocycles. The Bertz CT molecular complexity index is 544. The van der Waals surface area contributed by atoms with Crippen LogP contribution in [0.5, 0.6) is 0 Å². The fraction of sp³-hybridized carbons (Fsp3) is 0.667. The summed E-state index contributed by atoms with van der Waals surface area (Å²) in [5.41, 5.74) is 0. The van der Waals surface area contributed by atoms with E-state index < -0.39 is 12.1 Å². The topological polar surface area (TPSA) is 59.1 Å². The molecule has 5 nitrogen and oxygen atoms in total. The standard InChI is InChI=1S/C15H20NO4S.BrH/c1-16(2)9-6-8(7-10(16)14-13(9)20-14)19-15(18)12(17)11-4-3-5-21-11;/h3-5,8-10,12-14,17H,6-7H2,1-2H3;1H/q+1;/p-1/t8-,9-,10+,12?,13-,14+;. The van der Waals surface area contributed by atoms with Gasteiger partial charge in [0.2, 0.25) is 0 Å². The minimum Gasteiger partial charge on any atom is -1.00 e. The minimum absolute atomic E-state index is 0. The lowest BCUT2D eigenvalue weighted by molar-refractivity contribution is -0.938. The number of fused-ring (bicyclic) bond motifs is 5. The van der Waals surface area contributed by atoms with E-state index in [-0.39, 0.29) is 23.1 Å². The van der Waals surface area contributed by atoms with E-state index in [9.17, 15) is 9.90 Å². The maximum atomic E-state index is 12.1. The van der Waals surface area contributed by atoms with Crippen molar-refractivity contribution in [3.63, 3.8) is 0 Å². The zero-order valence-corrected chi connectivity index (χ0v) is 14.9. The van der Waals surface area contributed by atoms with Crippen molar-refractivity contribution < 1.29 is 40.8 Å². The van der Waals surface area contributed by atoms with Crippen molar-refractivity contribution in [2.24, 2.45) is 0 Å². The summed E-state index contributed by atoms with van der Waals surface area (Å²) in [6.45, 7) is 0. The summed E-state index contributed by atoms with van der Waals surface area (Å²) in [5, 5.41) is 11.9. The zero-order chi connectivity index (χ0) is 14.8. The molecule has 2 bridgehead atoms. The highest BCUT2D eigenvalue weighted by atomic mass is 79.9. The van der Waals surface area contributed by atoms with Crippen molar-refractivity contribution >= 4 is 17.3 Å². The number of morpholine rings is 1. The zero-order valence-electron chi connectivity index (χ0n) is 12.5. The first-order valence-corrected chi connectivity index (χ1v) is 8.27. The van der Waals surface area contributed by atoms with Gasteiger partial charge in [-0.15, -0.1) is 11.3 Å². The summed E-state index contributed by atoms with van der Waals surface area (Å²) >= 11 is 1.37. The molecule has 1 aromatic rings. The summed E-state index contributed by atoms with van der Waals surface area (Å²) in [6, 6.07) is 4.39. The Labute approximate surface area is 144 Å². The second kappa shape index (κ2) is 5.56. The van der Waals surface area contributed by atoms with Gasteiger partial charge in [0.25, 0.3) is 0 Å². The van der Waals surface area contributed by atoms with Crippen LogP contribution in [0.15, 0.2) is 17.5 Å². The smallest absolute Gasteiger partial charge is 0.340 e. The van der Waals surface area contributed by atoms with Crippen molar-refractivity contribution in [2.75, 3.05) is 14.1 Å². The lowest BCUT2D eigenvalue weighted by Gasteiger charge is -2.45. The van der Waals surface area contributed by atoms with Gasteiger partial charge in [0, 0.05) is 17.7 Å². The summed E-state index contributed by atoms with van der Waals surface area (Å²) in [5.74, 6) is -0.524. The Kier molecular flexibility index (Phi) is 4.14. The molecule has 4 rings (SSSR count). The molecule has 3 saturated heterocycles. The largest absolute Gasteiger partial charge is 1.00 e. The molecule has 0 radical (unpaired) electrons. The first-order chi connectivity index (χ1) is 9.98. The number of epoxide rings is 1. The molecule has 1 aromatic heterocycles. The van der Waals surface area contributed by atoms with Gasteiger partial charge in [-0.25, -0.2) is 4.79 Å². The monoisotopic (exact) mass is 389 g/mol. The lowest BCUT2D eigenvalue weighted by atomic mass is 9.96. The van der Waals surface area contributed by atoms with Crippen molar-refractivity contribution in [1.29, 1.82) is 0 Å². The Morgan fingerprint density at radius 2 is 2.05 bits per heavy atom. The van der Waals surface area contributed by atoms with Gasteiger partial charge in [-0.05, 0) is 11.4 Å². The van der Waals surface area contributed by atoms with Crippen LogP contribution in [-0.4, -0.2) is 60.0 Å². The number of rotatable bonds is 3. The number of likely N-dealkylation sites (N-methyl/N-ethyl adjacent to an activating group) is 1. The van der Waals surface area contributed by atoms with E-state index in [0.29, 0.717) is 29.2 Å². The maximum Gasteiger partial charge on any atom is 0.340 e.